The predicted molar refractivity (Wildman–Crippen MR) is 85.7 cm³/mol. The van der Waals surface area contributed by atoms with Crippen LogP contribution in [0.3, 0.4) is 0 Å². The number of amides is 1. The lowest BCUT2D eigenvalue weighted by Gasteiger charge is -2.21. The maximum Gasteiger partial charge on any atom is 0.254 e. The fourth-order valence-electron chi connectivity index (χ4n) is 2.14. The average Bonchev–Trinajstić information content (AvgIpc) is 2.47. The molecule has 2 aromatic rings. The zero-order valence-electron chi connectivity index (χ0n) is 12.1. The number of halogens is 2. The smallest absolute Gasteiger partial charge is 0.254 e. The Hall–Kier alpha value is -1.68. The van der Waals surface area contributed by atoms with E-state index in [9.17, 15) is 9.18 Å². The molecule has 0 aliphatic rings. The molecule has 4 heteroatoms. The van der Waals surface area contributed by atoms with E-state index >= 15 is 0 Å². The van der Waals surface area contributed by atoms with Crippen molar-refractivity contribution in [2.24, 2.45) is 0 Å². The molecule has 0 saturated heterocycles. The summed E-state index contributed by atoms with van der Waals surface area (Å²) in [6, 6.07) is 11.9. The highest BCUT2D eigenvalue weighted by atomic mass is 79.9. The topological polar surface area (TPSA) is 20.3 Å². The van der Waals surface area contributed by atoms with E-state index in [0.29, 0.717) is 18.7 Å². The van der Waals surface area contributed by atoms with Gasteiger partial charge in [0.15, 0.2) is 0 Å². The SMILES string of the molecule is CCN(Cc1cccc(F)c1)C(=O)c1ccc(Br)c(C)c1. The van der Waals surface area contributed by atoms with Gasteiger partial charge in [-0.3, -0.25) is 4.79 Å². The number of benzene rings is 2. The molecule has 0 aliphatic heterocycles. The Labute approximate surface area is 132 Å². The molecule has 0 heterocycles. The molecule has 1 amide bonds. The van der Waals surface area contributed by atoms with Crippen LogP contribution in [0, 0.1) is 12.7 Å². The highest BCUT2D eigenvalue weighted by molar-refractivity contribution is 9.10. The maximum absolute atomic E-state index is 13.2. The van der Waals surface area contributed by atoms with E-state index in [-0.39, 0.29) is 11.7 Å². The van der Waals surface area contributed by atoms with Crippen LogP contribution >= 0.6 is 15.9 Å². The minimum atomic E-state index is -0.282. The quantitative estimate of drug-likeness (QED) is 0.792. The Kier molecular flexibility index (Phi) is 5.12. The van der Waals surface area contributed by atoms with Crippen LogP contribution in [-0.4, -0.2) is 17.4 Å². The minimum absolute atomic E-state index is 0.0441. The van der Waals surface area contributed by atoms with E-state index in [2.05, 4.69) is 15.9 Å². The van der Waals surface area contributed by atoms with Crippen molar-refractivity contribution < 1.29 is 9.18 Å². The van der Waals surface area contributed by atoms with Crippen molar-refractivity contribution in [1.29, 1.82) is 0 Å². The number of rotatable bonds is 4. The first-order valence-corrected chi connectivity index (χ1v) is 7.60. The van der Waals surface area contributed by atoms with Crippen molar-refractivity contribution in [2.45, 2.75) is 20.4 Å². The summed E-state index contributed by atoms with van der Waals surface area (Å²) in [4.78, 5) is 14.3. The molecule has 2 nitrogen and oxygen atoms in total. The maximum atomic E-state index is 13.2. The van der Waals surface area contributed by atoms with Crippen LogP contribution < -0.4 is 0 Å². The summed E-state index contributed by atoms with van der Waals surface area (Å²) in [6.07, 6.45) is 0. The fourth-order valence-corrected chi connectivity index (χ4v) is 2.39. The summed E-state index contributed by atoms with van der Waals surface area (Å²) in [5.41, 5.74) is 2.45. The van der Waals surface area contributed by atoms with Gasteiger partial charge >= 0.3 is 0 Å². The standard InChI is InChI=1S/C17H17BrFNO/c1-3-20(11-13-5-4-6-15(19)10-13)17(21)14-7-8-16(18)12(2)9-14/h4-10H,3,11H2,1-2H3. The fraction of sp³-hybridized carbons (Fsp3) is 0.235. The Balaban J connectivity index is 2.20. The van der Waals surface area contributed by atoms with Crippen molar-refractivity contribution in [3.63, 3.8) is 0 Å². The van der Waals surface area contributed by atoms with E-state index in [4.69, 9.17) is 0 Å². The van der Waals surface area contributed by atoms with Crippen molar-refractivity contribution in [3.8, 4) is 0 Å². The Morgan fingerprint density at radius 1 is 1.24 bits per heavy atom. The van der Waals surface area contributed by atoms with Gasteiger partial charge in [-0.2, -0.15) is 0 Å². The summed E-state index contributed by atoms with van der Waals surface area (Å²) >= 11 is 3.43. The number of nitrogens with zero attached hydrogens (tertiary/aromatic N) is 1. The molecular weight excluding hydrogens is 333 g/mol. The van der Waals surface area contributed by atoms with Crippen molar-refractivity contribution in [2.75, 3.05) is 6.54 Å². The molecule has 2 rings (SSSR count). The number of aryl methyl sites for hydroxylation is 1. The molecule has 0 aliphatic carbocycles. The van der Waals surface area contributed by atoms with E-state index in [1.807, 2.05) is 32.0 Å². The normalized spacial score (nSPS) is 10.5. The van der Waals surface area contributed by atoms with Crippen LogP contribution in [-0.2, 0) is 6.54 Å². The molecule has 0 N–H and O–H groups in total. The molecule has 0 spiro atoms. The largest absolute Gasteiger partial charge is 0.335 e. The average molecular weight is 350 g/mol. The lowest BCUT2D eigenvalue weighted by atomic mass is 10.1. The second kappa shape index (κ2) is 6.85. The highest BCUT2D eigenvalue weighted by Gasteiger charge is 2.15. The summed E-state index contributed by atoms with van der Waals surface area (Å²) in [6.45, 7) is 4.85. The van der Waals surface area contributed by atoms with Gasteiger partial charge in [-0.25, -0.2) is 4.39 Å². The molecule has 21 heavy (non-hydrogen) atoms. The first-order valence-electron chi connectivity index (χ1n) is 6.81. The van der Waals surface area contributed by atoms with E-state index in [0.717, 1.165) is 15.6 Å². The van der Waals surface area contributed by atoms with Gasteiger partial charge in [-0.15, -0.1) is 0 Å². The van der Waals surface area contributed by atoms with Crippen LogP contribution in [0.4, 0.5) is 4.39 Å². The molecule has 0 aromatic heterocycles. The van der Waals surface area contributed by atoms with E-state index < -0.39 is 0 Å². The number of carbonyl (C=O) groups is 1. The summed E-state index contributed by atoms with van der Waals surface area (Å²) < 4.78 is 14.2. The number of hydrogen-bond acceptors (Lipinski definition) is 1. The van der Waals surface area contributed by atoms with Gasteiger partial charge in [0.1, 0.15) is 5.82 Å². The van der Waals surface area contributed by atoms with Gasteiger partial charge in [0.2, 0.25) is 0 Å². The third-order valence-electron chi connectivity index (χ3n) is 3.34. The highest BCUT2D eigenvalue weighted by Crippen LogP contribution is 2.19. The van der Waals surface area contributed by atoms with Crippen molar-refractivity contribution in [1.82, 2.24) is 4.90 Å². The first-order chi connectivity index (χ1) is 10.0. The van der Waals surface area contributed by atoms with Crippen LogP contribution in [0.15, 0.2) is 46.9 Å². The van der Waals surface area contributed by atoms with Crippen molar-refractivity contribution in [3.05, 3.63) is 69.4 Å². The van der Waals surface area contributed by atoms with Crippen molar-refractivity contribution >= 4 is 21.8 Å². The third kappa shape index (κ3) is 3.91. The van der Waals surface area contributed by atoms with Crippen LogP contribution in [0.1, 0.15) is 28.4 Å². The summed E-state index contributed by atoms with van der Waals surface area (Å²) in [5, 5.41) is 0. The summed E-state index contributed by atoms with van der Waals surface area (Å²) in [7, 11) is 0. The molecular formula is C17H17BrFNO. The lowest BCUT2D eigenvalue weighted by Crippen LogP contribution is -2.30. The van der Waals surface area contributed by atoms with Gasteiger partial charge < -0.3 is 4.90 Å². The molecule has 0 fully saturated rings. The van der Waals surface area contributed by atoms with Gasteiger partial charge in [0, 0.05) is 23.1 Å². The zero-order valence-corrected chi connectivity index (χ0v) is 13.7. The molecule has 0 bridgehead atoms. The monoisotopic (exact) mass is 349 g/mol. The van der Waals surface area contributed by atoms with Gasteiger partial charge in [0.05, 0.1) is 0 Å². The molecule has 0 atom stereocenters. The van der Waals surface area contributed by atoms with E-state index in [1.165, 1.54) is 12.1 Å². The first kappa shape index (κ1) is 15.7. The van der Waals surface area contributed by atoms with Crippen LogP contribution in [0.5, 0.6) is 0 Å². The molecule has 0 radical (unpaired) electrons. The van der Waals surface area contributed by atoms with Crippen LogP contribution in [0.2, 0.25) is 0 Å². The van der Waals surface area contributed by atoms with E-state index in [1.54, 1.807) is 17.0 Å². The Bertz CT molecular complexity index is 657. The molecule has 2 aromatic carbocycles. The Morgan fingerprint density at radius 3 is 2.62 bits per heavy atom. The minimum Gasteiger partial charge on any atom is -0.335 e. The molecule has 110 valence electrons. The lowest BCUT2D eigenvalue weighted by molar-refractivity contribution is 0.0752. The van der Waals surface area contributed by atoms with Crippen LogP contribution in [0.25, 0.3) is 0 Å². The molecule has 0 unspecified atom stereocenters. The second-order valence-electron chi connectivity index (χ2n) is 4.91. The second-order valence-corrected chi connectivity index (χ2v) is 5.77. The zero-order chi connectivity index (χ0) is 15.4. The predicted octanol–water partition coefficient (Wildman–Crippen LogP) is 4.56. The number of carbonyl (C=O) groups excluding carboxylic acids is 1. The van der Waals surface area contributed by atoms with Gasteiger partial charge in [-0.1, -0.05) is 28.1 Å². The Morgan fingerprint density at radius 2 is 2.00 bits per heavy atom. The number of hydrogen-bond donors (Lipinski definition) is 0. The third-order valence-corrected chi connectivity index (χ3v) is 4.23. The summed E-state index contributed by atoms with van der Waals surface area (Å²) in [5.74, 6) is -0.326. The van der Waals surface area contributed by atoms with Gasteiger partial charge in [-0.05, 0) is 55.3 Å². The van der Waals surface area contributed by atoms with Gasteiger partial charge in [0.25, 0.3) is 5.91 Å². The molecule has 0 saturated carbocycles.